The quantitative estimate of drug-likeness (QED) is 0.846. The van der Waals surface area contributed by atoms with E-state index in [1.165, 1.54) is 17.0 Å². The van der Waals surface area contributed by atoms with Gasteiger partial charge in [0.05, 0.1) is 16.6 Å². The van der Waals surface area contributed by atoms with Crippen molar-refractivity contribution >= 4 is 15.9 Å². The monoisotopic (exact) mass is 379 g/mol. The van der Waals surface area contributed by atoms with Gasteiger partial charge in [-0.3, -0.25) is 0 Å². The molecule has 0 radical (unpaired) electrons. The Kier molecular flexibility index (Phi) is 4.66. The first kappa shape index (κ1) is 18.2. The molecule has 8 nitrogen and oxygen atoms in total. The Hall–Kier alpha value is -2.55. The largest absolute Gasteiger partial charge is 0.493 e. The minimum absolute atomic E-state index is 0.0564. The van der Waals surface area contributed by atoms with Crippen LogP contribution in [0, 0.1) is 6.92 Å². The topological polar surface area (TPSA) is 113 Å². The third-order valence-electron chi connectivity index (χ3n) is 4.75. The zero-order valence-electron chi connectivity index (χ0n) is 14.6. The summed E-state index contributed by atoms with van der Waals surface area (Å²) in [5.74, 6) is 0.0564. The van der Waals surface area contributed by atoms with Crippen LogP contribution in [0.25, 0.3) is 11.3 Å². The zero-order chi connectivity index (χ0) is 19.1. The van der Waals surface area contributed by atoms with Gasteiger partial charge in [-0.1, -0.05) is 12.1 Å². The summed E-state index contributed by atoms with van der Waals surface area (Å²) in [6.07, 6.45) is 1.37. The van der Waals surface area contributed by atoms with Gasteiger partial charge in [0, 0.05) is 30.5 Å². The fourth-order valence-electron chi connectivity index (χ4n) is 3.20. The minimum Gasteiger partial charge on any atom is -0.493 e. The number of carboxylic acid groups (broad SMARTS) is 1. The molecule has 0 spiro atoms. The third-order valence-corrected chi connectivity index (χ3v) is 5.88. The van der Waals surface area contributed by atoms with E-state index in [0.717, 1.165) is 6.26 Å². The molecule has 140 valence electrons. The Bertz CT molecular complexity index is 926. The molecular formula is C17H21N3O5S. The number of piperidine rings is 1. The average molecular weight is 379 g/mol. The highest BCUT2D eigenvalue weighted by Gasteiger charge is 2.27. The van der Waals surface area contributed by atoms with Crippen molar-refractivity contribution < 1.29 is 23.4 Å². The van der Waals surface area contributed by atoms with Gasteiger partial charge in [-0.15, -0.1) is 0 Å². The summed E-state index contributed by atoms with van der Waals surface area (Å²) >= 11 is 0. The maximum absolute atomic E-state index is 11.6. The van der Waals surface area contributed by atoms with Crippen LogP contribution >= 0.6 is 0 Å². The van der Waals surface area contributed by atoms with Crippen molar-refractivity contribution in [1.82, 2.24) is 14.7 Å². The van der Waals surface area contributed by atoms with Gasteiger partial charge in [-0.2, -0.15) is 5.10 Å². The first-order chi connectivity index (χ1) is 12.2. The number of hydrogen-bond acceptors (Lipinski definition) is 5. The Balaban J connectivity index is 1.87. The number of carbonyl (C=O) groups is 1. The summed E-state index contributed by atoms with van der Waals surface area (Å²) in [4.78, 5) is 12.6. The highest BCUT2D eigenvalue weighted by Crippen LogP contribution is 2.34. The molecular weight excluding hydrogens is 358 g/mol. The van der Waals surface area contributed by atoms with Gasteiger partial charge < -0.3 is 15.1 Å². The van der Waals surface area contributed by atoms with Crippen LogP contribution in [0.2, 0.25) is 0 Å². The second-order valence-electron chi connectivity index (χ2n) is 6.54. The summed E-state index contributed by atoms with van der Waals surface area (Å²) < 4.78 is 24.7. The number of hydrogen-bond donors (Lipinski definition) is 2. The van der Waals surface area contributed by atoms with Crippen LogP contribution in [0.4, 0.5) is 4.79 Å². The van der Waals surface area contributed by atoms with Crippen LogP contribution in [0.1, 0.15) is 24.4 Å². The molecule has 1 aromatic heterocycles. The summed E-state index contributed by atoms with van der Waals surface area (Å²) in [5, 5.41) is 24.0. The summed E-state index contributed by atoms with van der Waals surface area (Å²) in [6, 6.07) is 6.30. The molecule has 2 aromatic rings. The highest BCUT2D eigenvalue weighted by molar-refractivity contribution is 7.90. The van der Waals surface area contributed by atoms with Gasteiger partial charge in [0.1, 0.15) is 0 Å². The van der Waals surface area contributed by atoms with E-state index < -0.39 is 15.9 Å². The molecule has 0 bridgehead atoms. The number of benzene rings is 1. The fraction of sp³-hybridized carbons (Fsp3) is 0.412. The van der Waals surface area contributed by atoms with E-state index in [0.29, 0.717) is 42.8 Å². The van der Waals surface area contributed by atoms with E-state index in [9.17, 15) is 18.3 Å². The molecule has 1 saturated heterocycles. The van der Waals surface area contributed by atoms with Crippen molar-refractivity contribution in [3.05, 3.63) is 29.8 Å². The molecule has 1 fully saturated rings. The van der Waals surface area contributed by atoms with Crippen molar-refractivity contribution in [2.24, 2.45) is 0 Å². The number of nitrogens with zero attached hydrogens (tertiary/aromatic N) is 3. The van der Waals surface area contributed by atoms with E-state index in [1.54, 1.807) is 23.7 Å². The SMILES string of the molecule is Cc1c(-c2ccc(S(C)(=O)=O)cc2)nn(C2CCN(C(=O)O)CC2)c1O. The Morgan fingerprint density at radius 2 is 1.77 bits per heavy atom. The van der Waals surface area contributed by atoms with E-state index in [2.05, 4.69) is 5.10 Å². The number of likely N-dealkylation sites (tertiary alicyclic amines) is 1. The third kappa shape index (κ3) is 3.39. The lowest BCUT2D eigenvalue weighted by Crippen LogP contribution is -2.38. The smallest absolute Gasteiger partial charge is 0.407 e. The number of rotatable bonds is 3. The average Bonchev–Trinajstić information content (AvgIpc) is 2.90. The molecule has 0 atom stereocenters. The van der Waals surface area contributed by atoms with E-state index in [4.69, 9.17) is 5.11 Å². The predicted molar refractivity (Wildman–Crippen MR) is 95.0 cm³/mol. The van der Waals surface area contributed by atoms with Crippen molar-refractivity contribution in [2.75, 3.05) is 19.3 Å². The maximum atomic E-state index is 11.6. The second kappa shape index (κ2) is 6.64. The molecule has 2 heterocycles. The van der Waals surface area contributed by atoms with Gasteiger partial charge in [0.25, 0.3) is 0 Å². The van der Waals surface area contributed by atoms with Crippen LogP contribution in [-0.4, -0.2) is 58.7 Å². The van der Waals surface area contributed by atoms with Gasteiger partial charge in [0.15, 0.2) is 9.84 Å². The van der Waals surface area contributed by atoms with E-state index >= 15 is 0 Å². The Morgan fingerprint density at radius 3 is 2.27 bits per heavy atom. The molecule has 1 aliphatic heterocycles. The molecule has 1 aromatic carbocycles. The zero-order valence-corrected chi connectivity index (χ0v) is 15.4. The molecule has 1 aliphatic rings. The normalized spacial score (nSPS) is 16.0. The molecule has 1 amide bonds. The summed E-state index contributed by atoms with van der Waals surface area (Å²) in [6.45, 7) is 2.55. The Labute approximate surface area is 151 Å². The van der Waals surface area contributed by atoms with E-state index in [-0.39, 0.29) is 16.8 Å². The number of sulfone groups is 1. The fourth-order valence-corrected chi connectivity index (χ4v) is 3.83. The summed E-state index contributed by atoms with van der Waals surface area (Å²) in [7, 11) is -3.27. The van der Waals surface area contributed by atoms with Crippen molar-refractivity contribution in [1.29, 1.82) is 0 Å². The molecule has 26 heavy (non-hydrogen) atoms. The van der Waals surface area contributed by atoms with Crippen molar-refractivity contribution in [3.8, 4) is 17.1 Å². The first-order valence-electron chi connectivity index (χ1n) is 8.25. The first-order valence-corrected chi connectivity index (χ1v) is 10.1. The second-order valence-corrected chi connectivity index (χ2v) is 8.55. The lowest BCUT2D eigenvalue weighted by atomic mass is 10.1. The molecule has 0 saturated carbocycles. The lowest BCUT2D eigenvalue weighted by Gasteiger charge is -2.30. The van der Waals surface area contributed by atoms with Crippen molar-refractivity contribution in [2.45, 2.75) is 30.7 Å². The van der Waals surface area contributed by atoms with Crippen LogP contribution in [0.15, 0.2) is 29.2 Å². The van der Waals surface area contributed by atoms with Gasteiger partial charge in [0.2, 0.25) is 5.88 Å². The van der Waals surface area contributed by atoms with Crippen LogP contribution in [0.5, 0.6) is 5.88 Å². The van der Waals surface area contributed by atoms with Crippen LogP contribution in [-0.2, 0) is 9.84 Å². The lowest BCUT2D eigenvalue weighted by molar-refractivity contribution is 0.122. The molecule has 9 heteroatoms. The van der Waals surface area contributed by atoms with Gasteiger partial charge in [-0.25, -0.2) is 17.9 Å². The van der Waals surface area contributed by atoms with E-state index in [1.807, 2.05) is 0 Å². The standard InChI is InChI=1S/C17H21N3O5S/c1-11-15(12-3-5-14(6-4-12)26(2,24)25)18-20(16(11)21)13-7-9-19(10-8-13)17(22)23/h3-6,13,21H,7-10H2,1-2H3,(H,22,23). The summed E-state index contributed by atoms with van der Waals surface area (Å²) in [5.41, 5.74) is 1.91. The number of aromatic hydroxyl groups is 1. The molecule has 3 rings (SSSR count). The highest BCUT2D eigenvalue weighted by atomic mass is 32.2. The van der Waals surface area contributed by atoms with Gasteiger partial charge in [-0.05, 0) is 31.9 Å². The molecule has 0 aliphatic carbocycles. The molecule has 2 N–H and O–H groups in total. The van der Waals surface area contributed by atoms with Gasteiger partial charge >= 0.3 is 6.09 Å². The number of aromatic nitrogens is 2. The van der Waals surface area contributed by atoms with Crippen molar-refractivity contribution in [3.63, 3.8) is 0 Å². The maximum Gasteiger partial charge on any atom is 0.407 e. The van der Waals surface area contributed by atoms with Crippen LogP contribution < -0.4 is 0 Å². The Morgan fingerprint density at radius 1 is 1.19 bits per heavy atom. The molecule has 0 unspecified atom stereocenters. The predicted octanol–water partition coefficient (Wildman–Crippen LogP) is 2.28. The minimum atomic E-state index is -3.27. The number of amides is 1. The van der Waals surface area contributed by atoms with Crippen LogP contribution in [0.3, 0.4) is 0 Å².